The summed E-state index contributed by atoms with van der Waals surface area (Å²) in [5.41, 5.74) is 3.35. The van der Waals surface area contributed by atoms with E-state index in [1.54, 1.807) is 22.0 Å². The van der Waals surface area contributed by atoms with E-state index in [0.29, 0.717) is 28.4 Å². The molecule has 0 spiro atoms. The average Bonchev–Trinajstić information content (AvgIpc) is 3.49. The zero-order valence-corrected chi connectivity index (χ0v) is 19.7. The predicted octanol–water partition coefficient (Wildman–Crippen LogP) is 4.12. The number of benzene rings is 2. The van der Waals surface area contributed by atoms with Crippen molar-refractivity contribution in [3.63, 3.8) is 0 Å². The Morgan fingerprint density at radius 1 is 1.09 bits per heavy atom. The SMILES string of the molecule is Cc1ccc(C)c(-n2c(=O)c3ccccc3n3c(SCC(=O)NCc4cccs4)nnc23)c1. The molecule has 9 heteroatoms. The van der Waals surface area contributed by atoms with Gasteiger partial charge < -0.3 is 5.32 Å². The summed E-state index contributed by atoms with van der Waals surface area (Å²) >= 11 is 2.91. The van der Waals surface area contributed by atoms with E-state index in [4.69, 9.17) is 0 Å². The molecule has 3 aromatic heterocycles. The van der Waals surface area contributed by atoms with Crippen molar-refractivity contribution in [1.29, 1.82) is 0 Å². The molecule has 0 aliphatic carbocycles. The maximum absolute atomic E-state index is 13.5. The third-order valence-electron chi connectivity index (χ3n) is 5.37. The van der Waals surface area contributed by atoms with Crippen LogP contribution in [0.25, 0.3) is 22.4 Å². The Balaban J connectivity index is 1.56. The molecule has 0 aliphatic heterocycles. The Kier molecular flexibility index (Phi) is 5.74. The molecule has 0 unspecified atom stereocenters. The molecule has 166 valence electrons. The summed E-state index contributed by atoms with van der Waals surface area (Å²) < 4.78 is 3.47. The van der Waals surface area contributed by atoms with Crippen molar-refractivity contribution in [2.45, 2.75) is 25.5 Å². The standard InChI is InChI=1S/C24H21N5O2S2/c1-15-9-10-16(2)20(12-15)28-22(31)18-7-3-4-8-19(18)29-23(28)26-27-24(29)33-14-21(30)25-13-17-6-5-11-32-17/h3-12H,13-14H2,1-2H3,(H,25,30). The molecule has 5 aromatic rings. The monoisotopic (exact) mass is 475 g/mol. The summed E-state index contributed by atoms with van der Waals surface area (Å²) in [6, 6.07) is 17.3. The predicted molar refractivity (Wildman–Crippen MR) is 132 cm³/mol. The van der Waals surface area contributed by atoms with Crippen LogP contribution in [0.1, 0.15) is 16.0 Å². The van der Waals surface area contributed by atoms with Crippen molar-refractivity contribution in [3.8, 4) is 5.69 Å². The minimum atomic E-state index is -0.149. The van der Waals surface area contributed by atoms with Gasteiger partial charge in [-0.15, -0.1) is 21.5 Å². The van der Waals surface area contributed by atoms with Crippen LogP contribution in [0.4, 0.5) is 0 Å². The Bertz CT molecular complexity index is 1540. The first-order valence-electron chi connectivity index (χ1n) is 10.4. The second-order valence-corrected chi connectivity index (χ2v) is 9.69. The van der Waals surface area contributed by atoms with Crippen LogP contribution >= 0.6 is 23.1 Å². The van der Waals surface area contributed by atoms with Crippen LogP contribution in [0.2, 0.25) is 0 Å². The topological polar surface area (TPSA) is 81.3 Å². The first-order valence-corrected chi connectivity index (χ1v) is 12.3. The van der Waals surface area contributed by atoms with Crippen molar-refractivity contribution in [3.05, 3.63) is 86.3 Å². The number of nitrogens with one attached hydrogen (secondary N) is 1. The van der Waals surface area contributed by atoms with Gasteiger partial charge in [-0.1, -0.05) is 42.1 Å². The van der Waals surface area contributed by atoms with Crippen LogP contribution in [0.5, 0.6) is 0 Å². The molecule has 2 aromatic carbocycles. The van der Waals surface area contributed by atoms with E-state index in [1.807, 2.05) is 72.2 Å². The lowest BCUT2D eigenvalue weighted by Gasteiger charge is -2.14. The number of hydrogen-bond acceptors (Lipinski definition) is 6. The second-order valence-electron chi connectivity index (χ2n) is 7.71. The number of amides is 1. The van der Waals surface area contributed by atoms with Gasteiger partial charge in [0, 0.05) is 4.88 Å². The quantitative estimate of drug-likeness (QED) is 0.374. The highest BCUT2D eigenvalue weighted by Crippen LogP contribution is 2.24. The fraction of sp³-hybridized carbons (Fsp3) is 0.167. The number of nitrogens with zero attached hydrogens (tertiary/aromatic N) is 4. The first-order chi connectivity index (χ1) is 16.0. The molecule has 0 radical (unpaired) electrons. The van der Waals surface area contributed by atoms with Gasteiger partial charge in [-0.25, -0.2) is 4.57 Å². The van der Waals surface area contributed by atoms with E-state index in [0.717, 1.165) is 21.7 Å². The number of hydrogen-bond donors (Lipinski definition) is 1. The molecule has 0 fully saturated rings. The van der Waals surface area contributed by atoms with Crippen molar-refractivity contribution < 1.29 is 4.79 Å². The molecule has 0 aliphatic rings. The molecule has 1 amide bonds. The van der Waals surface area contributed by atoms with Crippen LogP contribution in [-0.4, -0.2) is 30.8 Å². The second kappa shape index (κ2) is 8.84. The molecule has 5 rings (SSSR count). The lowest BCUT2D eigenvalue weighted by atomic mass is 10.1. The molecule has 0 atom stereocenters. The molecule has 0 saturated carbocycles. The summed E-state index contributed by atoms with van der Waals surface area (Å²) in [5, 5.41) is 14.8. The van der Waals surface area contributed by atoms with Crippen molar-refractivity contribution in [2.24, 2.45) is 0 Å². The molecule has 3 heterocycles. The minimum Gasteiger partial charge on any atom is -0.350 e. The molecule has 7 nitrogen and oxygen atoms in total. The van der Waals surface area contributed by atoms with Gasteiger partial charge in [-0.05, 0) is 54.6 Å². The highest BCUT2D eigenvalue weighted by molar-refractivity contribution is 7.99. The molecular formula is C24H21N5O2S2. The van der Waals surface area contributed by atoms with E-state index in [9.17, 15) is 9.59 Å². The third-order valence-corrected chi connectivity index (χ3v) is 7.18. The fourth-order valence-corrected chi connectivity index (χ4v) is 5.14. The van der Waals surface area contributed by atoms with E-state index >= 15 is 0 Å². The van der Waals surface area contributed by atoms with Gasteiger partial charge >= 0.3 is 0 Å². The van der Waals surface area contributed by atoms with Crippen molar-refractivity contribution in [1.82, 2.24) is 24.5 Å². The van der Waals surface area contributed by atoms with E-state index in [1.165, 1.54) is 11.8 Å². The maximum Gasteiger partial charge on any atom is 0.267 e. The number of carbonyl (C=O) groups is 1. The summed E-state index contributed by atoms with van der Waals surface area (Å²) in [6.45, 7) is 4.47. The Hall–Kier alpha value is -3.43. The molecule has 0 saturated heterocycles. The van der Waals surface area contributed by atoms with E-state index in [2.05, 4.69) is 15.5 Å². The van der Waals surface area contributed by atoms with Gasteiger partial charge in [0.15, 0.2) is 5.16 Å². The normalized spacial score (nSPS) is 11.3. The van der Waals surface area contributed by atoms with Crippen molar-refractivity contribution in [2.75, 3.05) is 5.75 Å². The van der Waals surface area contributed by atoms with Gasteiger partial charge in [0.25, 0.3) is 5.56 Å². The number of carbonyl (C=O) groups excluding carboxylic acids is 1. The van der Waals surface area contributed by atoms with E-state index < -0.39 is 0 Å². The van der Waals surface area contributed by atoms with Crippen LogP contribution in [0, 0.1) is 13.8 Å². The Morgan fingerprint density at radius 3 is 2.76 bits per heavy atom. The average molecular weight is 476 g/mol. The van der Waals surface area contributed by atoms with Crippen LogP contribution < -0.4 is 10.9 Å². The van der Waals surface area contributed by atoms with Gasteiger partial charge in [0.1, 0.15) is 0 Å². The summed E-state index contributed by atoms with van der Waals surface area (Å²) in [7, 11) is 0. The van der Waals surface area contributed by atoms with Crippen LogP contribution in [-0.2, 0) is 11.3 Å². The molecule has 33 heavy (non-hydrogen) atoms. The number of aryl methyl sites for hydroxylation is 2. The molecular weight excluding hydrogens is 454 g/mol. The zero-order chi connectivity index (χ0) is 22.9. The lowest BCUT2D eigenvalue weighted by molar-refractivity contribution is -0.118. The van der Waals surface area contributed by atoms with Gasteiger partial charge in [-0.2, -0.15) is 0 Å². The number of fused-ring (bicyclic) bond motifs is 3. The fourth-order valence-electron chi connectivity index (χ4n) is 3.73. The van der Waals surface area contributed by atoms with Gasteiger partial charge in [0.05, 0.1) is 28.9 Å². The number of rotatable bonds is 6. The van der Waals surface area contributed by atoms with Crippen LogP contribution in [0.15, 0.2) is 69.9 Å². The number of aromatic nitrogens is 4. The molecule has 0 bridgehead atoms. The lowest BCUT2D eigenvalue weighted by Crippen LogP contribution is -2.24. The van der Waals surface area contributed by atoms with Gasteiger partial charge in [0.2, 0.25) is 11.7 Å². The number of thioether (sulfide) groups is 1. The zero-order valence-electron chi connectivity index (χ0n) is 18.1. The van der Waals surface area contributed by atoms with Crippen LogP contribution in [0.3, 0.4) is 0 Å². The summed E-state index contributed by atoms with van der Waals surface area (Å²) in [6.07, 6.45) is 0. The highest BCUT2D eigenvalue weighted by atomic mass is 32.2. The summed E-state index contributed by atoms with van der Waals surface area (Å²) in [4.78, 5) is 27.0. The smallest absolute Gasteiger partial charge is 0.267 e. The minimum absolute atomic E-state index is 0.0858. The Labute approximate surface area is 198 Å². The Morgan fingerprint density at radius 2 is 1.94 bits per heavy atom. The third kappa shape index (κ3) is 4.05. The van der Waals surface area contributed by atoms with Gasteiger partial charge in [-0.3, -0.25) is 14.0 Å². The number of thiophene rings is 1. The molecule has 1 N–H and O–H groups in total. The maximum atomic E-state index is 13.5. The largest absolute Gasteiger partial charge is 0.350 e. The highest BCUT2D eigenvalue weighted by Gasteiger charge is 2.19. The summed E-state index contributed by atoms with van der Waals surface area (Å²) in [5.74, 6) is 0.537. The first kappa shape index (κ1) is 21.4. The van der Waals surface area contributed by atoms with E-state index in [-0.39, 0.29) is 17.2 Å². The number of para-hydroxylation sites is 1. The van der Waals surface area contributed by atoms with Crippen molar-refractivity contribution >= 4 is 45.7 Å².